The molecule has 0 aromatic heterocycles. The number of fused-ring (bicyclic) bond motifs is 5. The molecule has 8 heteroatoms. The van der Waals surface area contributed by atoms with E-state index < -0.39 is 24.0 Å². The number of aliphatic hydroxyl groups excluding tert-OH is 2. The van der Waals surface area contributed by atoms with E-state index in [0.717, 1.165) is 44.2 Å². The Bertz CT molecular complexity index is 917. The molecule has 0 bridgehead atoms. The minimum absolute atomic E-state index is 0.0117. The molecule has 1 heterocycles. The molecule has 34 heavy (non-hydrogen) atoms. The van der Waals surface area contributed by atoms with Gasteiger partial charge in [0, 0.05) is 13.0 Å². The van der Waals surface area contributed by atoms with Crippen molar-refractivity contribution in [3.8, 4) is 0 Å². The lowest BCUT2D eigenvalue weighted by Gasteiger charge is -2.57. The fourth-order valence-corrected chi connectivity index (χ4v) is 8.19. The Morgan fingerprint density at radius 3 is 2.68 bits per heavy atom. The predicted molar refractivity (Wildman–Crippen MR) is 125 cm³/mol. The number of carboxylic acids is 1. The molecule has 3 N–H and O–H groups in total. The summed E-state index contributed by atoms with van der Waals surface area (Å²) in [4.78, 5) is 30.3. The maximum Gasteiger partial charge on any atom is 0.326 e. The van der Waals surface area contributed by atoms with Gasteiger partial charge in [0.05, 0.1) is 17.9 Å². The van der Waals surface area contributed by atoms with Gasteiger partial charge in [-0.1, -0.05) is 24.6 Å². The lowest BCUT2D eigenvalue weighted by Crippen LogP contribution is -2.51. The second kappa shape index (κ2) is 8.63. The summed E-state index contributed by atoms with van der Waals surface area (Å²) in [5, 5.41) is 33.9. The van der Waals surface area contributed by atoms with Gasteiger partial charge in [0.15, 0.2) is 6.61 Å². The van der Waals surface area contributed by atoms with Crippen LogP contribution in [0.25, 0.3) is 0 Å². The van der Waals surface area contributed by atoms with Crippen molar-refractivity contribution >= 4 is 17.6 Å². The van der Waals surface area contributed by atoms with Crippen LogP contribution in [0.15, 0.2) is 16.8 Å². The van der Waals surface area contributed by atoms with Gasteiger partial charge in [-0.15, -0.1) is 0 Å². The number of allylic oxidation sites excluding steroid dienone is 2. The monoisotopic (exact) mass is 474 g/mol. The summed E-state index contributed by atoms with van der Waals surface area (Å²) in [5.74, 6) is 0.380. The molecule has 3 saturated carbocycles. The van der Waals surface area contributed by atoms with Gasteiger partial charge in [-0.05, 0) is 86.0 Å². The van der Waals surface area contributed by atoms with E-state index in [4.69, 9.17) is 4.84 Å². The maximum atomic E-state index is 12.4. The van der Waals surface area contributed by atoms with Crippen molar-refractivity contribution in [2.45, 2.75) is 89.9 Å². The lowest BCUT2D eigenvalue weighted by atomic mass is 9.47. The van der Waals surface area contributed by atoms with Gasteiger partial charge in [0.1, 0.15) is 6.04 Å². The highest BCUT2D eigenvalue weighted by Gasteiger charge is 2.58. The van der Waals surface area contributed by atoms with Gasteiger partial charge in [-0.3, -0.25) is 4.79 Å². The third-order valence-corrected chi connectivity index (χ3v) is 10.2. The van der Waals surface area contributed by atoms with E-state index in [0.29, 0.717) is 17.8 Å². The first kappa shape index (κ1) is 23.8. The van der Waals surface area contributed by atoms with Crippen LogP contribution in [0.1, 0.15) is 71.6 Å². The molecule has 188 valence electrons. The van der Waals surface area contributed by atoms with Crippen molar-refractivity contribution in [1.82, 2.24) is 4.90 Å². The predicted octanol–water partition coefficient (Wildman–Crippen LogP) is 2.73. The summed E-state index contributed by atoms with van der Waals surface area (Å²) in [7, 11) is 0. The Morgan fingerprint density at radius 2 is 1.91 bits per heavy atom. The fourth-order valence-electron chi connectivity index (χ4n) is 8.19. The van der Waals surface area contributed by atoms with Gasteiger partial charge >= 0.3 is 5.97 Å². The van der Waals surface area contributed by atoms with Gasteiger partial charge in [-0.2, -0.15) is 0 Å². The van der Waals surface area contributed by atoms with E-state index in [1.165, 1.54) is 23.3 Å². The molecule has 0 radical (unpaired) electrons. The number of hydrogen-bond acceptors (Lipinski definition) is 6. The first-order chi connectivity index (χ1) is 16.1. The van der Waals surface area contributed by atoms with Crippen LogP contribution in [0.2, 0.25) is 0 Å². The highest BCUT2D eigenvalue weighted by Crippen LogP contribution is 2.65. The zero-order chi connectivity index (χ0) is 24.3. The third kappa shape index (κ3) is 3.77. The number of nitrogens with zero attached hydrogens (tertiary/aromatic N) is 2. The van der Waals surface area contributed by atoms with E-state index >= 15 is 0 Å². The van der Waals surface area contributed by atoms with Crippen LogP contribution in [0.4, 0.5) is 0 Å². The second-order valence-electron chi connectivity index (χ2n) is 11.8. The molecule has 8 nitrogen and oxygen atoms in total. The zero-order valence-electron chi connectivity index (χ0n) is 20.3. The number of oxime groups is 1. The van der Waals surface area contributed by atoms with E-state index in [2.05, 4.69) is 25.1 Å². The summed E-state index contributed by atoms with van der Waals surface area (Å²) in [5.41, 5.74) is 2.52. The summed E-state index contributed by atoms with van der Waals surface area (Å²) < 4.78 is 0. The minimum Gasteiger partial charge on any atom is -0.480 e. The summed E-state index contributed by atoms with van der Waals surface area (Å²) in [6.07, 6.45) is 9.64. The number of likely N-dealkylation sites (tertiary alicyclic amines) is 1. The number of carbonyl (C=O) groups is 2. The summed E-state index contributed by atoms with van der Waals surface area (Å²) in [6, 6.07) is -1.01. The normalized spacial score (nSPS) is 44.8. The number of rotatable bonds is 4. The van der Waals surface area contributed by atoms with Crippen LogP contribution in [0.5, 0.6) is 0 Å². The van der Waals surface area contributed by atoms with E-state index in [9.17, 15) is 24.9 Å². The number of amides is 1. The van der Waals surface area contributed by atoms with E-state index in [1.807, 2.05) is 0 Å². The number of carboxylic acid groups (broad SMARTS) is 1. The van der Waals surface area contributed by atoms with Crippen molar-refractivity contribution in [1.29, 1.82) is 0 Å². The highest BCUT2D eigenvalue weighted by atomic mass is 16.6. The molecule has 0 spiro atoms. The lowest BCUT2D eigenvalue weighted by molar-refractivity contribution is -0.150. The number of hydrogen-bond donors (Lipinski definition) is 3. The Labute approximate surface area is 201 Å². The fraction of sp³-hybridized carbons (Fsp3) is 0.808. The highest BCUT2D eigenvalue weighted by molar-refractivity contribution is 5.96. The van der Waals surface area contributed by atoms with Crippen molar-refractivity contribution in [3.63, 3.8) is 0 Å². The van der Waals surface area contributed by atoms with Crippen molar-refractivity contribution < 1.29 is 29.7 Å². The Morgan fingerprint density at radius 1 is 1.12 bits per heavy atom. The second-order valence-corrected chi connectivity index (χ2v) is 11.8. The largest absolute Gasteiger partial charge is 0.480 e. The quantitative estimate of drug-likeness (QED) is 0.539. The maximum absolute atomic E-state index is 12.4. The molecule has 0 unspecified atom stereocenters. The average molecular weight is 475 g/mol. The van der Waals surface area contributed by atoms with Crippen LogP contribution in [-0.2, 0) is 14.4 Å². The molecule has 1 aliphatic heterocycles. The van der Waals surface area contributed by atoms with Gasteiger partial charge in [0.25, 0.3) is 5.91 Å². The van der Waals surface area contributed by atoms with Crippen LogP contribution in [0.3, 0.4) is 0 Å². The van der Waals surface area contributed by atoms with Crippen LogP contribution in [0, 0.1) is 28.6 Å². The molecule has 0 aromatic carbocycles. The molecule has 5 rings (SSSR count). The van der Waals surface area contributed by atoms with Gasteiger partial charge in [0.2, 0.25) is 0 Å². The molecule has 8 atom stereocenters. The van der Waals surface area contributed by atoms with Crippen LogP contribution < -0.4 is 0 Å². The topological polar surface area (TPSA) is 120 Å². The van der Waals surface area contributed by atoms with Gasteiger partial charge < -0.3 is 25.1 Å². The molecule has 4 fully saturated rings. The van der Waals surface area contributed by atoms with Crippen molar-refractivity contribution in [3.05, 3.63) is 11.6 Å². The smallest absolute Gasteiger partial charge is 0.326 e. The van der Waals surface area contributed by atoms with Crippen molar-refractivity contribution in [2.24, 2.45) is 33.7 Å². The number of β-amino-alcohol motifs (C(OH)–C–C–N with tert-alkyl or cyclic N) is 1. The Balaban J connectivity index is 1.24. The first-order valence-corrected chi connectivity index (χ1v) is 12.9. The third-order valence-electron chi connectivity index (χ3n) is 10.2. The standard InChI is InChI=1S/C26H38N2O6/c1-25-9-7-16(27-34-14-23(31)28-13-17(29)12-21(28)24(32)33)11-15(25)3-4-18-19-5-6-22(30)26(19,2)10-8-20(18)25/h11,17-22,29-30H,3-10,12-14H2,1-2H3,(H,32,33)/b27-16-/t17-,18-,19+,20-,21-,22+,25+,26+/m1/s1. The number of aliphatic hydroxyl groups is 2. The van der Waals surface area contributed by atoms with Gasteiger partial charge in [-0.25, -0.2) is 4.79 Å². The van der Waals surface area contributed by atoms with E-state index in [-0.39, 0.29) is 36.5 Å². The Kier molecular flexibility index (Phi) is 6.04. The van der Waals surface area contributed by atoms with E-state index in [1.54, 1.807) is 0 Å². The number of aliphatic carboxylic acids is 1. The molecular formula is C26H38N2O6. The van der Waals surface area contributed by atoms with Crippen LogP contribution in [-0.4, -0.2) is 69.2 Å². The number of carbonyl (C=O) groups excluding carboxylic acids is 1. The molecule has 4 aliphatic carbocycles. The summed E-state index contributed by atoms with van der Waals surface area (Å²) >= 11 is 0. The zero-order valence-corrected chi connectivity index (χ0v) is 20.3. The molecule has 5 aliphatic rings. The Hall–Kier alpha value is -1.93. The molecule has 1 amide bonds. The first-order valence-electron chi connectivity index (χ1n) is 12.9. The molecule has 1 saturated heterocycles. The minimum atomic E-state index is -1.11. The summed E-state index contributed by atoms with van der Waals surface area (Å²) in [6.45, 7) is 4.41. The van der Waals surface area contributed by atoms with Crippen molar-refractivity contribution in [2.75, 3.05) is 13.2 Å². The SMILES string of the molecule is C[C@]12CC[C@@H]3[C@H](CCC4=C/C(=N\OCC(=O)N5C[C@H](O)C[C@@H]5C(=O)O)CC[C@@]43C)[C@@H]1CC[C@@H]2O. The molecular weight excluding hydrogens is 436 g/mol. The molecule has 0 aromatic rings. The average Bonchev–Trinajstić information content (AvgIpc) is 3.33. The van der Waals surface area contributed by atoms with Crippen LogP contribution >= 0.6 is 0 Å².